The van der Waals surface area contributed by atoms with Crippen molar-refractivity contribution in [3.63, 3.8) is 0 Å². The van der Waals surface area contributed by atoms with E-state index in [1.54, 1.807) is 42.6 Å². The van der Waals surface area contributed by atoms with E-state index in [1.807, 2.05) is 26.0 Å². The Kier molecular flexibility index (Phi) is 10.7. The Morgan fingerprint density at radius 2 is 1.74 bits per heavy atom. The first-order chi connectivity index (χ1) is 20.7. The topological polar surface area (TPSA) is 140 Å². The summed E-state index contributed by atoms with van der Waals surface area (Å²) in [4.78, 5) is 27.5. The number of pyridine rings is 2. The van der Waals surface area contributed by atoms with Crippen LogP contribution in [0, 0.1) is 0 Å². The first kappa shape index (κ1) is 31.4. The van der Waals surface area contributed by atoms with Crippen molar-refractivity contribution < 1.29 is 32.6 Å². The van der Waals surface area contributed by atoms with E-state index in [-0.39, 0.29) is 47.7 Å². The van der Waals surface area contributed by atoms with Gasteiger partial charge in [0.05, 0.1) is 32.6 Å². The fraction of sp³-hybridized carbons (Fsp3) is 0.258. The van der Waals surface area contributed by atoms with Crippen molar-refractivity contribution in [2.24, 2.45) is 0 Å². The van der Waals surface area contributed by atoms with Crippen LogP contribution in [0.1, 0.15) is 41.4 Å². The molecule has 0 radical (unpaired) electrons. The van der Waals surface area contributed by atoms with Gasteiger partial charge in [-0.15, -0.1) is 0 Å². The standard InChI is InChI=1S/C31H34N4O7S/c1-22(2)24-12-14-30(33-21-24)43(38,39)34-26-20-23(11-13-27(26)42-29-10-5-4-9-28(29)40-3)31(37)35(41-19-18-36)17-15-25-8-6-7-16-32-25/h4-14,16,20-22,34,36H,15,17-19H2,1-3H3. The molecular formula is C31H34N4O7S. The van der Waals surface area contributed by atoms with Crippen LogP contribution >= 0.6 is 0 Å². The maximum atomic E-state index is 13.6. The van der Waals surface area contributed by atoms with E-state index in [0.717, 1.165) is 16.3 Å². The second-order valence-corrected chi connectivity index (χ2v) is 11.3. The van der Waals surface area contributed by atoms with E-state index in [1.165, 1.54) is 37.6 Å². The normalized spacial score (nSPS) is 11.3. The van der Waals surface area contributed by atoms with Crippen LogP contribution < -0.4 is 14.2 Å². The predicted molar refractivity (Wildman–Crippen MR) is 161 cm³/mol. The average molecular weight is 607 g/mol. The second kappa shape index (κ2) is 14.6. The summed E-state index contributed by atoms with van der Waals surface area (Å²) >= 11 is 0. The van der Waals surface area contributed by atoms with E-state index in [2.05, 4.69) is 14.7 Å². The molecule has 11 nitrogen and oxygen atoms in total. The molecule has 1 amide bonds. The van der Waals surface area contributed by atoms with Crippen LogP contribution in [0.25, 0.3) is 0 Å². The number of methoxy groups -OCH3 is 1. The minimum atomic E-state index is -4.18. The number of aliphatic hydroxyl groups is 1. The van der Waals surface area contributed by atoms with Crippen molar-refractivity contribution >= 4 is 21.6 Å². The summed E-state index contributed by atoms with van der Waals surface area (Å²) in [6.07, 6.45) is 3.56. The molecule has 0 bridgehead atoms. The third-order valence-electron chi connectivity index (χ3n) is 6.32. The van der Waals surface area contributed by atoms with Gasteiger partial charge in [0.1, 0.15) is 0 Å². The summed E-state index contributed by atoms with van der Waals surface area (Å²) in [7, 11) is -2.69. The number of sulfonamides is 1. The van der Waals surface area contributed by atoms with E-state index in [0.29, 0.717) is 17.9 Å². The number of anilines is 1. The van der Waals surface area contributed by atoms with E-state index < -0.39 is 15.9 Å². The largest absolute Gasteiger partial charge is 0.493 e. The van der Waals surface area contributed by atoms with Gasteiger partial charge >= 0.3 is 0 Å². The molecule has 43 heavy (non-hydrogen) atoms. The SMILES string of the molecule is COc1ccccc1Oc1ccc(C(=O)N(CCc2ccccn2)OCCO)cc1NS(=O)(=O)c1ccc(C(C)C)cn1. The molecule has 0 atom stereocenters. The van der Waals surface area contributed by atoms with E-state index >= 15 is 0 Å². The summed E-state index contributed by atoms with van der Waals surface area (Å²) < 4.78 is 40.8. The summed E-state index contributed by atoms with van der Waals surface area (Å²) in [6.45, 7) is 3.70. The van der Waals surface area contributed by atoms with Gasteiger partial charge in [0.2, 0.25) is 0 Å². The van der Waals surface area contributed by atoms with Gasteiger partial charge in [-0.1, -0.05) is 38.1 Å². The Morgan fingerprint density at radius 3 is 2.40 bits per heavy atom. The molecule has 12 heteroatoms. The minimum absolute atomic E-state index is 0.00155. The Balaban J connectivity index is 1.68. The third kappa shape index (κ3) is 8.28. The van der Waals surface area contributed by atoms with Crippen LogP contribution in [-0.4, -0.2) is 61.3 Å². The van der Waals surface area contributed by atoms with Gasteiger partial charge < -0.3 is 14.6 Å². The second-order valence-electron chi connectivity index (χ2n) is 9.69. The van der Waals surface area contributed by atoms with Crippen LogP contribution in [0.15, 0.2) is 90.2 Å². The molecule has 2 aromatic heterocycles. The number of para-hydroxylation sites is 2. The van der Waals surface area contributed by atoms with Gasteiger partial charge in [0.15, 0.2) is 22.3 Å². The molecule has 0 spiro atoms. The van der Waals surface area contributed by atoms with Crippen LogP contribution in [0.4, 0.5) is 5.69 Å². The number of hydroxylamine groups is 2. The number of nitrogens with one attached hydrogen (secondary N) is 1. The van der Waals surface area contributed by atoms with Gasteiger partial charge in [-0.3, -0.25) is 19.3 Å². The molecule has 0 aliphatic heterocycles. The van der Waals surface area contributed by atoms with Crippen molar-refractivity contribution in [3.05, 3.63) is 102 Å². The number of hydrogen-bond donors (Lipinski definition) is 2. The number of amides is 1. The number of carbonyl (C=O) groups excluding carboxylic acids is 1. The van der Waals surface area contributed by atoms with E-state index in [9.17, 15) is 18.3 Å². The maximum Gasteiger partial charge on any atom is 0.279 e. The number of carbonyl (C=O) groups is 1. The predicted octanol–water partition coefficient (Wildman–Crippen LogP) is 4.81. The van der Waals surface area contributed by atoms with Gasteiger partial charge in [0.25, 0.3) is 15.9 Å². The van der Waals surface area contributed by atoms with Crippen molar-refractivity contribution in [3.8, 4) is 17.2 Å². The third-order valence-corrected chi connectivity index (χ3v) is 7.60. The highest BCUT2D eigenvalue weighted by atomic mass is 32.2. The van der Waals surface area contributed by atoms with Crippen LogP contribution in [-0.2, 0) is 21.3 Å². The number of aromatic nitrogens is 2. The number of nitrogens with zero attached hydrogens (tertiary/aromatic N) is 3. The van der Waals surface area contributed by atoms with Crippen LogP contribution in [0.3, 0.4) is 0 Å². The number of ether oxygens (including phenoxy) is 2. The highest BCUT2D eigenvalue weighted by molar-refractivity contribution is 7.92. The quantitative estimate of drug-likeness (QED) is 0.194. The summed E-state index contributed by atoms with van der Waals surface area (Å²) in [5.41, 5.74) is 1.75. The smallest absolute Gasteiger partial charge is 0.279 e. The highest BCUT2D eigenvalue weighted by Gasteiger charge is 2.23. The molecule has 0 aliphatic carbocycles. The lowest BCUT2D eigenvalue weighted by atomic mass is 10.1. The van der Waals surface area contributed by atoms with Crippen LogP contribution in [0.2, 0.25) is 0 Å². The number of aliphatic hydroxyl groups excluding tert-OH is 1. The lowest BCUT2D eigenvalue weighted by Crippen LogP contribution is -2.34. The molecule has 0 saturated heterocycles. The molecule has 4 rings (SSSR count). The molecular weight excluding hydrogens is 572 g/mol. The summed E-state index contributed by atoms with van der Waals surface area (Å²) in [6, 6.07) is 19.8. The zero-order valence-electron chi connectivity index (χ0n) is 24.1. The minimum Gasteiger partial charge on any atom is -0.493 e. The van der Waals surface area contributed by atoms with Crippen molar-refractivity contribution in [2.75, 3.05) is 31.6 Å². The molecule has 226 valence electrons. The lowest BCUT2D eigenvalue weighted by molar-refractivity contribution is -0.130. The van der Waals surface area contributed by atoms with Gasteiger partial charge in [-0.05, 0) is 60.0 Å². The van der Waals surface area contributed by atoms with Gasteiger partial charge in [-0.25, -0.2) is 10.0 Å². The number of benzene rings is 2. The molecule has 0 aliphatic rings. The maximum absolute atomic E-state index is 13.6. The average Bonchev–Trinajstić information content (AvgIpc) is 3.02. The lowest BCUT2D eigenvalue weighted by Gasteiger charge is -2.22. The van der Waals surface area contributed by atoms with Crippen molar-refractivity contribution in [2.45, 2.75) is 31.2 Å². The molecule has 0 unspecified atom stereocenters. The fourth-order valence-electron chi connectivity index (χ4n) is 4.02. The van der Waals surface area contributed by atoms with Gasteiger partial charge in [-0.2, -0.15) is 8.42 Å². The Hall–Kier alpha value is -4.52. The number of hydrogen-bond acceptors (Lipinski definition) is 9. The summed E-state index contributed by atoms with van der Waals surface area (Å²) in [5.74, 6) is 0.523. The monoisotopic (exact) mass is 606 g/mol. The van der Waals surface area contributed by atoms with E-state index in [4.69, 9.17) is 14.3 Å². The molecule has 4 aromatic rings. The van der Waals surface area contributed by atoms with Crippen LogP contribution in [0.5, 0.6) is 17.2 Å². The Labute approximate surface area is 251 Å². The zero-order chi connectivity index (χ0) is 30.8. The zero-order valence-corrected chi connectivity index (χ0v) is 25.0. The molecule has 2 heterocycles. The fourth-order valence-corrected chi connectivity index (χ4v) is 5.02. The number of rotatable bonds is 14. The van der Waals surface area contributed by atoms with Gasteiger partial charge in [0, 0.05) is 30.1 Å². The first-order valence-corrected chi connectivity index (χ1v) is 15.1. The molecule has 2 aromatic carbocycles. The molecule has 0 fully saturated rings. The Bertz CT molecular complexity index is 1620. The molecule has 0 saturated carbocycles. The Morgan fingerprint density at radius 1 is 0.977 bits per heavy atom. The van der Waals surface area contributed by atoms with Crippen molar-refractivity contribution in [1.29, 1.82) is 0 Å². The molecule has 2 N–H and O–H groups in total. The van der Waals surface area contributed by atoms with Crippen molar-refractivity contribution in [1.82, 2.24) is 15.0 Å². The highest BCUT2D eigenvalue weighted by Crippen LogP contribution is 2.36. The first-order valence-electron chi connectivity index (χ1n) is 13.6. The summed E-state index contributed by atoms with van der Waals surface area (Å²) in [5, 5.41) is 10.2.